The van der Waals surface area contributed by atoms with E-state index in [0.29, 0.717) is 9.99 Å². The number of piperazine rings is 1. The van der Waals surface area contributed by atoms with Gasteiger partial charge in [0.1, 0.15) is 5.82 Å². The molecule has 0 aliphatic carbocycles. The Kier molecular flexibility index (Phi) is 3.23. The van der Waals surface area contributed by atoms with Gasteiger partial charge < -0.3 is 9.80 Å². The maximum atomic E-state index is 13.9. The predicted molar refractivity (Wildman–Crippen MR) is 85.7 cm³/mol. The summed E-state index contributed by atoms with van der Waals surface area (Å²) in [7, 11) is 2.10. The van der Waals surface area contributed by atoms with E-state index in [1.54, 1.807) is 16.8 Å². The molecule has 0 bridgehead atoms. The Labute approximate surface area is 134 Å². The van der Waals surface area contributed by atoms with E-state index in [2.05, 4.69) is 48.1 Å². The van der Waals surface area contributed by atoms with Crippen LogP contribution in [0.2, 0.25) is 0 Å². The standard InChI is InChI=1S/C14H14BrFN6/c1-20-2-4-21(5-3-20)14-18-12-7-11(16)10(15)6-9(12)13-8-17-19-22(13)14/h6-8H,2-5H2,1H3. The molecule has 0 atom stereocenters. The molecule has 4 rings (SSSR count). The fraction of sp³-hybridized carbons (Fsp3) is 0.357. The summed E-state index contributed by atoms with van der Waals surface area (Å²) < 4.78 is 16.0. The molecule has 3 heterocycles. The van der Waals surface area contributed by atoms with Crippen LogP contribution in [-0.4, -0.2) is 57.9 Å². The van der Waals surface area contributed by atoms with E-state index in [1.165, 1.54) is 6.07 Å². The topological polar surface area (TPSA) is 49.6 Å². The molecule has 0 saturated carbocycles. The molecule has 1 fully saturated rings. The van der Waals surface area contributed by atoms with E-state index in [1.807, 2.05) is 0 Å². The first-order valence-corrected chi connectivity index (χ1v) is 7.85. The molecule has 0 unspecified atom stereocenters. The molecule has 3 aromatic rings. The average molecular weight is 365 g/mol. The molecule has 1 aliphatic rings. The molecule has 1 aliphatic heterocycles. The molecule has 0 N–H and O–H groups in total. The molecule has 8 heteroatoms. The Hall–Kier alpha value is -1.80. The van der Waals surface area contributed by atoms with Crippen LogP contribution in [0.5, 0.6) is 0 Å². The van der Waals surface area contributed by atoms with Crippen LogP contribution in [0.15, 0.2) is 22.8 Å². The number of benzene rings is 1. The van der Waals surface area contributed by atoms with Crippen molar-refractivity contribution < 1.29 is 4.39 Å². The molecule has 1 aromatic carbocycles. The lowest BCUT2D eigenvalue weighted by Crippen LogP contribution is -2.45. The highest BCUT2D eigenvalue weighted by molar-refractivity contribution is 9.10. The lowest BCUT2D eigenvalue weighted by molar-refractivity contribution is 0.310. The number of rotatable bonds is 1. The van der Waals surface area contributed by atoms with Crippen molar-refractivity contribution in [3.8, 4) is 0 Å². The zero-order chi connectivity index (χ0) is 15.3. The van der Waals surface area contributed by atoms with Gasteiger partial charge in [-0.15, -0.1) is 5.10 Å². The first-order chi connectivity index (χ1) is 10.6. The second-order valence-electron chi connectivity index (χ2n) is 5.52. The maximum Gasteiger partial charge on any atom is 0.229 e. The van der Waals surface area contributed by atoms with Gasteiger partial charge in [-0.2, -0.15) is 4.52 Å². The van der Waals surface area contributed by atoms with Crippen molar-refractivity contribution in [3.63, 3.8) is 0 Å². The maximum absolute atomic E-state index is 13.9. The van der Waals surface area contributed by atoms with E-state index in [4.69, 9.17) is 0 Å². The van der Waals surface area contributed by atoms with Gasteiger partial charge in [0.25, 0.3) is 0 Å². The van der Waals surface area contributed by atoms with E-state index in [-0.39, 0.29) is 5.82 Å². The lowest BCUT2D eigenvalue weighted by atomic mass is 10.2. The van der Waals surface area contributed by atoms with Crippen molar-refractivity contribution in [1.82, 2.24) is 24.7 Å². The zero-order valence-electron chi connectivity index (χ0n) is 12.0. The molecular weight excluding hydrogens is 351 g/mol. The third-order valence-electron chi connectivity index (χ3n) is 4.06. The van der Waals surface area contributed by atoms with Crippen molar-refractivity contribution in [2.24, 2.45) is 0 Å². The van der Waals surface area contributed by atoms with Crippen molar-refractivity contribution in [2.45, 2.75) is 0 Å². The Balaban J connectivity index is 1.93. The summed E-state index contributed by atoms with van der Waals surface area (Å²) in [6, 6.07) is 3.18. The van der Waals surface area contributed by atoms with Crippen molar-refractivity contribution in [2.75, 3.05) is 38.1 Å². The smallest absolute Gasteiger partial charge is 0.229 e. The van der Waals surface area contributed by atoms with Crippen LogP contribution in [0, 0.1) is 5.82 Å². The summed E-state index contributed by atoms with van der Waals surface area (Å²) in [6.07, 6.45) is 1.69. The first kappa shape index (κ1) is 13.8. The zero-order valence-corrected chi connectivity index (χ0v) is 13.6. The van der Waals surface area contributed by atoms with Crippen LogP contribution in [-0.2, 0) is 0 Å². The highest BCUT2D eigenvalue weighted by Crippen LogP contribution is 2.28. The number of halogens is 2. The van der Waals surface area contributed by atoms with Crippen LogP contribution in [0.4, 0.5) is 10.3 Å². The van der Waals surface area contributed by atoms with Gasteiger partial charge in [-0.25, -0.2) is 9.37 Å². The first-order valence-electron chi connectivity index (χ1n) is 7.06. The van der Waals surface area contributed by atoms with Crippen LogP contribution in [0.25, 0.3) is 16.4 Å². The number of anilines is 1. The Morgan fingerprint density at radius 2 is 1.95 bits per heavy atom. The fourth-order valence-electron chi connectivity index (χ4n) is 2.77. The number of nitrogens with zero attached hydrogens (tertiary/aromatic N) is 6. The van der Waals surface area contributed by atoms with E-state index in [0.717, 1.165) is 43.0 Å². The summed E-state index contributed by atoms with van der Waals surface area (Å²) in [5.41, 5.74) is 1.45. The number of fused-ring (bicyclic) bond motifs is 3. The van der Waals surface area contributed by atoms with Crippen molar-refractivity contribution in [3.05, 3.63) is 28.6 Å². The average Bonchev–Trinajstić information content (AvgIpc) is 2.99. The van der Waals surface area contributed by atoms with E-state index in [9.17, 15) is 4.39 Å². The Bertz CT molecular complexity index is 855. The molecule has 22 heavy (non-hydrogen) atoms. The third-order valence-corrected chi connectivity index (χ3v) is 4.67. The highest BCUT2D eigenvalue weighted by Gasteiger charge is 2.20. The number of likely N-dealkylation sites (N-methyl/N-ethyl adjacent to an activating group) is 1. The Morgan fingerprint density at radius 3 is 2.73 bits per heavy atom. The van der Waals surface area contributed by atoms with Gasteiger partial charge in [0.2, 0.25) is 5.95 Å². The lowest BCUT2D eigenvalue weighted by Gasteiger charge is -2.33. The molecule has 2 aromatic heterocycles. The quantitative estimate of drug-likeness (QED) is 0.660. The molecule has 114 valence electrons. The van der Waals surface area contributed by atoms with Gasteiger partial charge in [-0.3, -0.25) is 0 Å². The van der Waals surface area contributed by atoms with Gasteiger partial charge in [0, 0.05) is 37.6 Å². The Morgan fingerprint density at radius 1 is 1.18 bits per heavy atom. The van der Waals surface area contributed by atoms with Crippen LogP contribution >= 0.6 is 15.9 Å². The van der Waals surface area contributed by atoms with Gasteiger partial charge in [-0.05, 0) is 29.0 Å². The summed E-state index contributed by atoms with van der Waals surface area (Å²) in [5.74, 6) is 0.399. The summed E-state index contributed by atoms with van der Waals surface area (Å²) in [5, 5.41) is 8.99. The molecule has 0 radical (unpaired) electrons. The minimum absolute atomic E-state index is 0.318. The molecule has 0 amide bonds. The number of aromatic nitrogens is 4. The molecule has 1 saturated heterocycles. The predicted octanol–water partition coefficient (Wildman–Crippen LogP) is 1.93. The van der Waals surface area contributed by atoms with Gasteiger partial charge in [0.05, 0.1) is 21.7 Å². The minimum Gasteiger partial charge on any atom is -0.338 e. The van der Waals surface area contributed by atoms with E-state index < -0.39 is 0 Å². The van der Waals surface area contributed by atoms with Crippen LogP contribution < -0.4 is 4.90 Å². The summed E-state index contributed by atoms with van der Waals surface area (Å²) in [6.45, 7) is 3.65. The summed E-state index contributed by atoms with van der Waals surface area (Å²) in [4.78, 5) is 9.07. The van der Waals surface area contributed by atoms with Crippen molar-refractivity contribution >= 4 is 38.3 Å². The number of hydrogen-bond acceptors (Lipinski definition) is 5. The van der Waals surface area contributed by atoms with Crippen LogP contribution in [0.1, 0.15) is 0 Å². The molecular formula is C14H14BrFN6. The normalized spacial score (nSPS) is 16.8. The SMILES string of the molecule is CN1CCN(c2nc3cc(F)c(Br)cc3c3cnnn23)CC1. The van der Waals surface area contributed by atoms with Gasteiger partial charge >= 0.3 is 0 Å². The summed E-state index contributed by atoms with van der Waals surface area (Å²) >= 11 is 3.22. The highest BCUT2D eigenvalue weighted by atomic mass is 79.9. The van der Waals surface area contributed by atoms with Gasteiger partial charge in [0.15, 0.2) is 0 Å². The third kappa shape index (κ3) is 2.14. The molecule has 0 spiro atoms. The fourth-order valence-corrected chi connectivity index (χ4v) is 3.11. The van der Waals surface area contributed by atoms with E-state index >= 15 is 0 Å². The molecule has 6 nitrogen and oxygen atoms in total. The monoisotopic (exact) mass is 364 g/mol. The second-order valence-corrected chi connectivity index (χ2v) is 6.37. The van der Waals surface area contributed by atoms with Crippen LogP contribution in [0.3, 0.4) is 0 Å². The second kappa shape index (κ2) is 5.13. The minimum atomic E-state index is -0.318. The largest absolute Gasteiger partial charge is 0.338 e. The number of hydrogen-bond donors (Lipinski definition) is 0. The van der Waals surface area contributed by atoms with Crippen molar-refractivity contribution in [1.29, 1.82) is 0 Å². The van der Waals surface area contributed by atoms with Gasteiger partial charge in [-0.1, -0.05) is 5.21 Å².